The first-order chi connectivity index (χ1) is 15.9. The molecule has 0 aliphatic carbocycles. The molecule has 2 aliphatic heterocycles. The Labute approximate surface area is 191 Å². The Morgan fingerprint density at radius 1 is 1.24 bits per heavy atom. The predicted octanol–water partition coefficient (Wildman–Crippen LogP) is 0.919. The summed E-state index contributed by atoms with van der Waals surface area (Å²) in [5, 5.41) is 15.0. The molecule has 2 aliphatic rings. The standard InChI is InChI=1S/C22H30N8O3/c1-13(31)29-9-6-14(7-10-29)28-22(32)17-3-4-18(33-17)30-11-15(16(23)5-8-25-2)19-20(24)26-12-27-21(19)30/h5,8,11-12,14,17-18,23,25H,3-4,6-7,9-10H2,1-2H3,(H,28,32)(H2,24,26,27)/b8-5-,23-16?. The molecule has 0 aromatic carbocycles. The van der Waals surface area contributed by atoms with Crippen molar-refractivity contribution < 1.29 is 14.3 Å². The van der Waals surface area contributed by atoms with Crippen LogP contribution in [0.2, 0.25) is 0 Å². The van der Waals surface area contributed by atoms with Crippen LogP contribution in [0.3, 0.4) is 0 Å². The lowest BCUT2D eigenvalue weighted by Crippen LogP contribution is -2.48. The number of carbonyl (C=O) groups is 2. The van der Waals surface area contributed by atoms with Crippen LogP contribution in [0.15, 0.2) is 24.8 Å². The number of piperidine rings is 1. The van der Waals surface area contributed by atoms with Crippen LogP contribution in [0.5, 0.6) is 0 Å². The molecule has 33 heavy (non-hydrogen) atoms. The van der Waals surface area contributed by atoms with Crippen molar-refractivity contribution in [3.8, 4) is 0 Å². The number of anilines is 1. The van der Waals surface area contributed by atoms with Gasteiger partial charge in [0.2, 0.25) is 11.8 Å². The quantitative estimate of drug-likeness (QED) is 0.474. The van der Waals surface area contributed by atoms with Gasteiger partial charge in [-0.05, 0) is 38.0 Å². The Hall–Kier alpha value is -3.47. The highest BCUT2D eigenvalue weighted by atomic mass is 16.5. The highest BCUT2D eigenvalue weighted by molar-refractivity contribution is 6.16. The summed E-state index contributed by atoms with van der Waals surface area (Å²) < 4.78 is 7.95. The van der Waals surface area contributed by atoms with E-state index in [9.17, 15) is 9.59 Å². The molecule has 2 aromatic rings. The van der Waals surface area contributed by atoms with Crippen molar-refractivity contribution in [3.63, 3.8) is 0 Å². The monoisotopic (exact) mass is 454 g/mol. The number of nitrogens with zero attached hydrogens (tertiary/aromatic N) is 4. The summed E-state index contributed by atoms with van der Waals surface area (Å²) >= 11 is 0. The molecule has 4 rings (SSSR count). The maximum atomic E-state index is 12.8. The van der Waals surface area contributed by atoms with Crippen molar-refractivity contribution in [2.24, 2.45) is 0 Å². The first-order valence-corrected chi connectivity index (χ1v) is 11.1. The van der Waals surface area contributed by atoms with E-state index in [4.69, 9.17) is 15.9 Å². The number of allylic oxidation sites excluding steroid dienone is 1. The van der Waals surface area contributed by atoms with E-state index < -0.39 is 12.3 Å². The number of nitrogens with two attached hydrogens (primary N) is 1. The third-order valence-corrected chi connectivity index (χ3v) is 6.23. The van der Waals surface area contributed by atoms with E-state index in [0.717, 1.165) is 12.8 Å². The normalized spacial score (nSPS) is 21.6. The number of fused-ring (bicyclic) bond motifs is 1. The van der Waals surface area contributed by atoms with Gasteiger partial charge in [-0.3, -0.25) is 9.59 Å². The van der Waals surface area contributed by atoms with Crippen LogP contribution in [0, 0.1) is 5.41 Å². The molecule has 5 N–H and O–H groups in total. The fourth-order valence-corrected chi connectivity index (χ4v) is 4.44. The van der Waals surface area contributed by atoms with Crippen molar-refractivity contribution >= 4 is 34.4 Å². The number of amides is 2. The average Bonchev–Trinajstić information content (AvgIpc) is 3.44. The van der Waals surface area contributed by atoms with Crippen LogP contribution < -0.4 is 16.4 Å². The van der Waals surface area contributed by atoms with Crippen LogP contribution in [0.1, 0.15) is 44.4 Å². The fraction of sp³-hybridized carbons (Fsp3) is 0.500. The zero-order valence-electron chi connectivity index (χ0n) is 18.9. The molecule has 2 amide bonds. The topological polar surface area (TPSA) is 151 Å². The molecule has 176 valence electrons. The second-order valence-electron chi connectivity index (χ2n) is 8.39. The lowest BCUT2D eigenvalue weighted by molar-refractivity contribution is -0.135. The van der Waals surface area contributed by atoms with E-state index in [2.05, 4.69) is 20.6 Å². The number of hydrogen-bond acceptors (Lipinski definition) is 8. The second kappa shape index (κ2) is 9.57. The first-order valence-electron chi connectivity index (χ1n) is 11.1. The summed E-state index contributed by atoms with van der Waals surface area (Å²) in [5.74, 6) is 0.230. The zero-order chi connectivity index (χ0) is 23.5. The van der Waals surface area contributed by atoms with E-state index in [-0.39, 0.29) is 23.6 Å². The van der Waals surface area contributed by atoms with E-state index in [1.807, 2.05) is 4.57 Å². The van der Waals surface area contributed by atoms with Gasteiger partial charge in [-0.1, -0.05) is 0 Å². The predicted molar refractivity (Wildman–Crippen MR) is 124 cm³/mol. The lowest BCUT2D eigenvalue weighted by atomic mass is 10.0. The molecule has 2 saturated heterocycles. The Morgan fingerprint density at radius 3 is 2.70 bits per heavy atom. The van der Waals surface area contributed by atoms with Gasteiger partial charge in [0.05, 0.1) is 11.1 Å². The number of nitrogen functional groups attached to an aromatic ring is 1. The molecule has 2 unspecified atom stereocenters. The van der Waals surface area contributed by atoms with Gasteiger partial charge in [0.1, 0.15) is 30.1 Å². The largest absolute Gasteiger partial charge is 0.394 e. The molecule has 2 fully saturated rings. The van der Waals surface area contributed by atoms with Crippen LogP contribution in [-0.2, 0) is 14.3 Å². The molecule has 2 atom stereocenters. The van der Waals surface area contributed by atoms with E-state index in [1.165, 1.54) is 6.33 Å². The van der Waals surface area contributed by atoms with Crippen LogP contribution in [-0.4, -0.2) is 69.2 Å². The minimum Gasteiger partial charge on any atom is -0.394 e. The molecule has 11 nitrogen and oxygen atoms in total. The Morgan fingerprint density at radius 2 is 2.00 bits per heavy atom. The summed E-state index contributed by atoms with van der Waals surface area (Å²) in [6.45, 7) is 2.88. The number of likely N-dealkylation sites (tertiary alicyclic amines) is 1. The van der Waals surface area contributed by atoms with Gasteiger partial charge in [0, 0.05) is 44.9 Å². The maximum absolute atomic E-state index is 12.8. The van der Waals surface area contributed by atoms with Gasteiger partial charge in [0.15, 0.2) is 0 Å². The summed E-state index contributed by atoms with van der Waals surface area (Å²) in [5.41, 5.74) is 7.55. The SMILES string of the molecule is CN/C=C\C(=N)c1cn(C2CCC(C(=O)NC3CCN(C(C)=O)CC3)O2)c2ncnc(N)c12. The number of carbonyl (C=O) groups excluding carboxylic acids is 2. The van der Waals surface area contributed by atoms with Crippen LogP contribution >= 0.6 is 0 Å². The third kappa shape index (κ3) is 4.68. The number of hydrogen-bond donors (Lipinski definition) is 4. The molecule has 0 bridgehead atoms. The van der Waals surface area contributed by atoms with Gasteiger partial charge in [-0.25, -0.2) is 9.97 Å². The van der Waals surface area contributed by atoms with Crippen molar-refractivity contribution in [3.05, 3.63) is 30.4 Å². The number of ether oxygens (including phenoxy) is 1. The Bertz CT molecular complexity index is 1090. The summed E-state index contributed by atoms with van der Waals surface area (Å²) in [7, 11) is 1.76. The van der Waals surface area contributed by atoms with Gasteiger partial charge >= 0.3 is 0 Å². The summed E-state index contributed by atoms with van der Waals surface area (Å²) in [6.07, 6.45) is 8.21. The minimum atomic E-state index is -0.565. The van der Waals surface area contributed by atoms with Crippen LogP contribution in [0.25, 0.3) is 11.0 Å². The molecular formula is C22H30N8O3. The highest BCUT2D eigenvalue weighted by Crippen LogP contribution is 2.34. The van der Waals surface area contributed by atoms with E-state index in [1.54, 1.807) is 37.3 Å². The first kappa shape index (κ1) is 22.7. The molecule has 2 aromatic heterocycles. The van der Waals surface area contributed by atoms with Crippen LogP contribution in [0.4, 0.5) is 5.82 Å². The smallest absolute Gasteiger partial charge is 0.249 e. The van der Waals surface area contributed by atoms with Crippen molar-refractivity contribution in [1.82, 2.24) is 30.1 Å². The molecule has 0 spiro atoms. The number of nitrogens with one attached hydrogen (secondary N) is 3. The lowest BCUT2D eigenvalue weighted by Gasteiger charge is -2.32. The van der Waals surface area contributed by atoms with Crippen molar-refractivity contribution in [1.29, 1.82) is 5.41 Å². The van der Waals surface area contributed by atoms with Crippen molar-refractivity contribution in [2.45, 2.75) is 51.0 Å². The summed E-state index contributed by atoms with van der Waals surface area (Å²) in [6, 6.07) is 0.0433. The molecule has 0 saturated carbocycles. The Balaban J connectivity index is 1.47. The Kier molecular flexibility index (Phi) is 6.59. The van der Waals surface area contributed by atoms with E-state index >= 15 is 0 Å². The van der Waals surface area contributed by atoms with Gasteiger partial charge in [0.25, 0.3) is 0 Å². The maximum Gasteiger partial charge on any atom is 0.249 e. The number of aromatic nitrogens is 3. The molecule has 0 radical (unpaired) electrons. The zero-order valence-corrected chi connectivity index (χ0v) is 18.9. The molecular weight excluding hydrogens is 424 g/mol. The highest BCUT2D eigenvalue weighted by Gasteiger charge is 2.34. The second-order valence-corrected chi connectivity index (χ2v) is 8.39. The van der Waals surface area contributed by atoms with Crippen molar-refractivity contribution in [2.75, 3.05) is 25.9 Å². The molecule has 4 heterocycles. The van der Waals surface area contributed by atoms with E-state index in [0.29, 0.717) is 48.3 Å². The minimum absolute atomic E-state index is 0.0433. The van der Waals surface area contributed by atoms with Gasteiger partial charge in [-0.2, -0.15) is 0 Å². The molecule has 11 heteroatoms. The number of rotatable bonds is 6. The average molecular weight is 455 g/mol. The third-order valence-electron chi connectivity index (χ3n) is 6.23. The fourth-order valence-electron chi connectivity index (χ4n) is 4.44. The summed E-state index contributed by atoms with van der Waals surface area (Å²) in [4.78, 5) is 34.6. The van der Waals surface area contributed by atoms with Gasteiger partial charge < -0.3 is 36.0 Å². The van der Waals surface area contributed by atoms with Gasteiger partial charge in [-0.15, -0.1) is 0 Å².